The van der Waals surface area contributed by atoms with Crippen LogP contribution in [0.1, 0.15) is 15.9 Å². The van der Waals surface area contributed by atoms with Crippen molar-refractivity contribution in [2.24, 2.45) is 0 Å². The minimum Gasteiger partial charge on any atom is -0.504 e. The van der Waals surface area contributed by atoms with E-state index in [0.717, 1.165) is 0 Å². The molecule has 1 saturated heterocycles. The van der Waals surface area contributed by atoms with Gasteiger partial charge in [0.1, 0.15) is 42.7 Å². The molecule has 1 aromatic carbocycles. The number of carbonyl (C=O) groups is 1. The summed E-state index contributed by atoms with van der Waals surface area (Å²) in [6.07, 6.45) is -11.1. The summed E-state index contributed by atoms with van der Waals surface area (Å²) in [6, 6.07) is 0.403. The number of aliphatic hydroxyl groups is 6. The Morgan fingerprint density at radius 3 is 2.55 bits per heavy atom. The Morgan fingerprint density at radius 1 is 1.06 bits per heavy atom. The molecule has 9 atom stereocenters. The van der Waals surface area contributed by atoms with Gasteiger partial charge in [-0.2, -0.15) is 0 Å². The lowest BCUT2D eigenvalue weighted by Gasteiger charge is -2.45. The number of phenolic OH excluding ortho intramolecular Hbond substituents is 1. The molecule has 5 rings (SSSR count). The fraction of sp³-hybridized carbons (Fsp3) is 0.550. The zero-order valence-corrected chi connectivity index (χ0v) is 16.9. The van der Waals surface area contributed by atoms with Gasteiger partial charge in [0.2, 0.25) is 12.5 Å². The van der Waals surface area contributed by atoms with Gasteiger partial charge in [-0.3, -0.25) is 4.79 Å². The predicted molar refractivity (Wildman–Crippen MR) is 104 cm³/mol. The van der Waals surface area contributed by atoms with Crippen molar-refractivity contribution in [3.63, 3.8) is 0 Å². The van der Waals surface area contributed by atoms with Crippen LogP contribution >= 0.6 is 0 Å². The van der Waals surface area contributed by atoms with E-state index in [4.69, 9.17) is 18.9 Å². The zero-order valence-electron chi connectivity index (χ0n) is 16.9. The van der Waals surface area contributed by atoms with Gasteiger partial charge >= 0.3 is 0 Å². The second kappa shape index (κ2) is 8.07. The summed E-state index contributed by atoms with van der Waals surface area (Å²) >= 11 is 0. The molecule has 0 saturated carbocycles. The number of carbonyl (C=O) groups excluding carboxylic acids is 1. The van der Waals surface area contributed by atoms with Crippen LogP contribution in [0, 0.1) is 0 Å². The highest BCUT2D eigenvalue weighted by Gasteiger charge is 2.50. The van der Waals surface area contributed by atoms with Crippen LogP contribution in [0.3, 0.4) is 0 Å². The van der Waals surface area contributed by atoms with Crippen molar-refractivity contribution in [3.8, 4) is 17.2 Å². The summed E-state index contributed by atoms with van der Waals surface area (Å²) in [5.74, 6) is -0.959. The third-order valence-corrected chi connectivity index (χ3v) is 6.30. The third kappa shape index (κ3) is 3.36. The Balaban J connectivity index is 1.50. The average molecular weight is 469 g/mol. The quantitative estimate of drug-likeness (QED) is 0.217. The van der Waals surface area contributed by atoms with Crippen molar-refractivity contribution >= 4 is 11.5 Å². The molecule has 3 unspecified atom stereocenters. The lowest BCUT2D eigenvalue weighted by atomic mass is 9.79. The zero-order chi connectivity index (χ0) is 23.6. The standard InChI is InChI=1S/C20H23NO12/c22-3-9-13(25)15(27)16(28)20(32-9)33-18-11-6(1-7(23)12(18)24)5-2-8-17(31-4-30-8)14(26)10(5)19(29)21-11/h1-2,7,9,11-13,15-16,18,20,22-28H,3-4H2,(H,21,29)/t7-,9?,11?,12+,13+,15?,16-,18-,20-/m0/s1. The van der Waals surface area contributed by atoms with Crippen molar-refractivity contribution in [2.45, 2.75) is 55.1 Å². The van der Waals surface area contributed by atoms with Crippen LogP contribution in [0.4, 0.5) is 0 Å². The van der Waals surface area contributed by atoms with Crippen LogP contribution in [-0.2, 0) is 9.47 Å². The molecule has 13 nitrogen and oxygen atoms in total. The van der Waals surface area contributed by atoms with E-state index in [0.29, 0.717) is 5.57 Å². The number of nitrogens with one attached hydrogen (secondary N) is 1. The fourth-order valence-electron chi connectivity index (χ4n) is 4.56. The van der Waals surface area contributed by atoms with E-state index in [1.807, 2.05) is 0 Å². The Hall–Kier alpha value is -2.49. The molecule has 4 aliphatic rings. The number of aromatic hydroxyl groups is 1. The Labute approximate surface area is 186 Å². The van der Waals surface area contributed by atoms with Gasteiger partial charge in [0.15, 0.2) is 17.8 Å². The van der Waals surface area contributed by atoms with Gasteiger partial charge in [0, 0.05) is 5.56 Å². The predicted octanol–water partition coefficient (Wildman–Crippen LogP) is -3.46. The molecular weight excluding hydrogens is 446 g/mol. The molecule has 8 N–H and O–H groups in total. The summed E-state index contributed by atoms with van der Waals surface area (Å²) in [5.41, 5.74) is 0.404. The molecule has 1 amide bonds. The molecular formula is C20H23NO12. The highest BCUT2D eigenvalue weighted by molar-refractivity contribution is 6.07. The fourth-order valence-corrected chi connectivity index (χ4v) is 4.56. The molecule has 0 bridgehead atoms. The average Bonchev–Trinajstić information content (AvgIpc) is 3.27. The third-order valence-electron chi connectivity index (χ3n) is 6.30. The minimum absolute atomic E-state index is 0.00783. The van der Waals surface area contributed by atoms with Crippen molar-refractivity contribution < 1.29 is 59.5 Å². The molecule has 180 valence electrons. The van der Waals surface area contributed by atoms with Crippen molar-refractivity contribution in [3.05, 3.63) is 23.3 Å². The lowest BCUT2D eigenvalue weighted by molar-refractivity contribution is -0.320. The molecule has 0 spiro atoms. The first kappa shape index (κ1) is 22.3. The normalized spacial score (nSPS) is 39.4. The minimum atomic E-state index is -1.76. The molecule has 3 aliphatic heterocycles. The molecule has 0 aromatic heterocycles. The summed E-state index contributed by atoms with van der Waals surface area (Å²) in [7, 11) is 0. The second-order valence-electron chi connectivity index (χ2n) is 8.23. The topological polar surface area (TPSA) is 208 Å². The number of hydrogen-bond acceptors (Lipinski definition) is 12. The van der Waals surface area contributed by atoms with Gasteiger partial charge in [-0.25, -0.2) is 0 Å². The van der Waals surface area contributed by atoms with Crippen molar-refractivity contribution in [1.29, 1.82) is 0 Å². The number of amides is 1. The SMILES string of the molecule is O=C1NC2C(=C[C@H](O)[C@@H](O)[C@H]2O[C@@H]2OC(CO)[C@@H](O)C(O)[C@@H]2O)c2cc3c(c(O)c21)OCO3. The monoisotopic (exact) mass is 469 g/mol. The highest BCUT2D eigenvalue weighted by atomic mass is 16.7. The largest absolute Gasteiger partial charge is 0.504 e. The van der Waals surface area contributed by atoms with Gasteiger partial charge in [-0.15, -0.1) is 0 Å². The van der Waals surface area contributed by atoms with E-state index in [1.54, 1.807) is 0 Å². The van der Waals surface area contributed by atoms with Gasteiger partial charge < -0.3 is 60.0 Å². The van der Waals surface area contributed by atoms with Crippen molar-refractivity contribution in [2.75, 3.05) is 13.4 Å². The van der Waals surface area contributed by atoms with E-state index < -0.39 is 73.3 Å². The summed E-state index contributed by atoms with van der Waals surface area (Å²) in [4.78, 5) is 12.9. The number of ether oxygens (including phenoxy) is 4. The molecule has 13 heteroatoms. The number of phenols is 1. The van der Waals surface area contributed by atoms with Crippen LogP contribution in [0.15, 0.2) is 12.1 Å². The highest BCUT2D eigenvalue weighted by Crippen LogP contribution is 2.49. The number of hydrogen-bond donors (Lipinski definition) is 8. The van der Waals surface area contributed by atoms with Crippen LogP contribution in [0.25, 0.3) is 5.57 Å². The second-order valence-corrected chi connectivity index (χ2v) is 8.23. The summed E-state index contributed by atoms with van der Waals surface area (Å²) in [6.45, 7) is -0.841. The van der Waals surface area contributed by atoms with Crippen LogP contribution in [-0.4, -0.2) is 110 Å². The number of benzene rings is 1. The smallest absolute Gasteiger partial charge is 0.256 e. The maximum absolute atomic E-state index is 12.9. The first-order valence-corrected chi connectivity index (χ1v) is 10.2. The van der Waals surface area contributed by atoms with E-state index in [9.17, 15) is 40.5 Å². The number of fused-ring (bicyclic) bond motifs is 4. The van der Waals surface area contributed by atoms with Crippen LogP contribution < -0.4 is 14.8 Å². The van der Waals surface area contributed by atoms with E-state index in [1.165, 1.54) is 12.1 Å². The van der Waals surface area contributed by atoms with Gasteiger partial charge in [0.05, 0.1) is 18.2 Å². The van der Waals surface area contributed by atoms with Gasteiger partial charge in [-0.1, -0.05) is 0 Å². The van der Waals surface area contributed by atoms with Gasteiger partial charge in [-0.05, 0) is 17.7 Å². The van der Waals surface area contributed by atoms with Crippen molar-refractivity contribution in [1.82, 2.24) is 5.32 Å². The Morgan fingerprint density at radius 2 is 1.82 bits per heavy atom. The van der Waals surface area contributed by atoms with Crippen LogP contribution in [0.5, 0.6) is 17.2 Å². The first-order chi connectivity index (χ1) is 15.7. The summed E-state index contributed by atoms with van der Waals surface area (Å²) < 4.78 is 21.5. The maximum Gasteiger partial charge on any atom is 0.256 e. The lowest BCUT2D eigenvalue weighted by Crippen LogP contribution is -2.64. The van der Waals surface area contributed by atoms with Gasteiger partial charge in [0.25, 0.3) is 5.91 Å². The van der Waals surface area contributed by atoms with Crippen LogP contribution in [0.2, 0.25) is 0 Å². The Kier molecular flexibility index (Phi) is 5.46. The molecule has 0 radical (unpaired) electrons. The van der Waals surface area contributed by atoms with E-state index >= 15 is 0 Å². The summed E-state index contributed by atoms with van der Waals surface area (Å²) in [5, 5.41) is 73.9. The molecule has 1 aliphatic carbocycles. The molecule has 1 aromatic rings. The molecule has 1 fully saturated rings. The van der Waals surface area contributed by atoms with E-state index in [-0.39, 0.29) is 29.4 Å². The number of rotatable bonds is 3. The Bertz CT molecular complexity index is 996. The first-order valence-electron chi connectivity index (χ1n) is 10.2. The van der Waals surface area contributed by atoms with E-state index in [2.05, 4.69) is 5.32 Å². The maximum atomic E-state index is 12.9. The molecule has 3 heterocycles. The molecule has 33 heavy (non-hydrogen) atoms. The number of aliphatic hydroxyl groups excluding tert-OH is 6.